The number of hydrogen-bond donors (Lipinski definition) is 0. The normalized spacial score (nSPS) is 17.9. The smallest absolute Gasteiger partial charge is 0.283 e. The molecule has 1 atom stereocenters. The summed E-state index contributed by atoms with van der Waals surface area (Å²) in [5.74, 6) is 0.841. The molecule has 0 bridgehead atoms. The second-order valence-electron chi connectivity index (χ2n) is 6.48. The summed E-state index contributed by atoms with van der Waals surface area (Å²) in [5, 5.41) is 0.527. The monoisotopic (exact) mass is 367 g/mol. The average Bonchev–Trinajstić information content (AvgIpc) is 2.97. The highest BCUT2D eigenvalue weighted by atomic mass is 32.1. The predicted octanol–water partition coefficient (Wildman–Crippen LogP) is 4.46. The number of carbonyl (C=O) groups excluding carboxylic acids is 1. The Balaban J connectivity index is 1.66. The number of benzene rings is 1. The van der Waals surface area contributed by atoms with Crippen molar-refractivity contribution in [3.8, 4) is 5.75 Å². The number of aromatic nitrogens is 2. The first-order chi connectivity index (χ1) is 12.8. The molecule has 1 fully saturated rings. The molecule has 2 aromatic heterocycles. The zero-order valence-electron chi connectivity index (χ0n) is 14.7. The number of ether oxygens (including phenoxy) is 1. The molecule has 5 nitrogen and oxygen atoms in total. The number of rotatable bonds is 3. The van der Waals surface area contributed by atoms with E-state index >= 15 is 0 Å². The van der Waals surface area contributed by atoms with Gasteiger partial charge in [-0.25, -0.2) is 9.97 Å². The Labute approximate surface area is 156 Å². The van der Waals surface area contributed by atoms with Gasteiger partial charge in [0.1, 0.15) is 16.1 Å². The molecule has 1 amide bonds. The number of fused-ring (bicyclic) bond motifs is 1. The Hall–Kier alpha value is -2.47. The maximum Gasteiger partial charge on any atom is 0.283 e. The maximum absolute atomic E-state index is 13.3. The standard InChI is InChI=1S/C20H21N3O2S/c1-25-15-10-8-14(9-11-15)17-7-3-2-4-13-23(17)20(24)19-22-16-6-5-12-21-18(16)26-19/h5-6,8-12,17H,2-4,7,13H2,1H3/t17-/m0/s1. The van der Waals surface area contributed by atoms with Crippen LogP contribution in [0.25, 0.3) is 10.3 Å². The molecule has 0 spiro atoms. The van der Waals surface area contributed by atoms with E-state index in [0.29, 0.717) is 5.01 Å². The van der Waals surface area contributed by atoms with Crippen LogP contribution < -0.4 is 4.74 Å². The highest BCUT2D eigenvalue weighted by molar-refractivity contribution is 7.19. The van der Waals surface area contributed by atoms with Crippen LogP contribution in [-0.4, -0.2) is 34.4 Å². The van der Waals surface area contributed by atoms with Gasteiger partial charge in [0, 0.05) is 12.7 Å². The summed E-state index contributed by atoms with van der Waals surface area (Å²) in [5.41, 5.74) is 1.94. The Morgan fingerprint density at radius 2 is 2.04 bits per heavy atom. The van der Waals surface area contributed by atoms with Crippen LogP contribution in [0.3, 0.4) is 0 Å². The van der Waals surface area contributed by atoms with Gasteiger partial charge >= 0.3 is 0 Å². The highest BCUT2D eigenvalue weighted by Gasteiger charge is 2.29. The molecule has 0 aliphatic carbocycles. The quantitative estimate of drug-likeness (QED) is 0.686. The molecule has 1 aromatic carbocycles. The van der Waals surface area contributed by atoms with E-state index in [0.717, 1.165) is 53.9 Å². The van der Waals surface area contributed by atoms with E-state index in [-0.39, 0.29) is 11.9 Å². The molecule has 1 aliphatic rings. The van der Waals surface area contributed by atoms with Crippen LogP contribution in [0, 0.1) is 0 Å². The van der Waals surface area contributed by atoms with Gasteiger partial charge in [0.25, 0.3) is 5.91 Å². The van der Waals surface area contributed by atoms with Crippen LogP contribution in [0.15, 0.2) is 42.6 Å². The van der Waals surface area contributed by atoms with Gasteiger partial charge in [-0.05, 0) is 42.7 Å². The fourth-order valence-corrected chi connectivity index (χ4v) is 4.37. The van der Waals surface area contributed by atoms with Crippen molar-refractivity contribution in [2.24, 2.45) is 0 Å². The van der Waals surface area contributed by atoms with Crippen molar-refractivity contribution in [2.75, 3.05) is 13.7 Å². The molecule has 1 saturated heterocycles. The number of carbonyl (C=O) groups is 1. The van der Waals surface area contributed by atoms with E-state index in [4.69, 9.17) is 4.74 Å². The fraction of sp³-hybridized carbons (Fsp3) is 0.350. The van der Waals surface area contributed by atoms with Gasteiger partial charge in [-0.1, -0.05) is 36.3 Å². The molecule has 1 aliphatic heterocycles. The molecule has 3 heterocycles. The van der Waals surface area contributed by atoms with E-state index in [1.54, 1.807) is 13.3 Å². The zero-order valence-corrected chi connectivity index (χ0v) is 15.5. The van der Waals surface area contributed by atoms with Crippen LogP contribution in [0.1, 0.15) is 47.1 Å². The minimum Gasteiger partial charge on any atom is -0.497 e. The van der Waals surface area contributed by atoms with Crippen LogP contribution in [0.2, 0.25) is 0 Å². The topological polar surface area (TPSA) is 55.3 Å². The van der Waals surface area contributed by atoms with Crippen LogP contribution in [-0.2, 0) is 0 Å². The van der Waals surface area contributed by atoms with Crippen molar-refractivity contribution < 1.29 is 9.53 Å². The van der Waals surface area contributed by atoms with E-state index in [1.165, 1.54) is 11.3 Å². The molecule has 26 heavy (non-hydrogen) atoms. The zero-order chi connectivity index (χ0) is 17.9. The summed E-state index contributed by atoms with van der Waals surface area (Å²) >= 11 is 1.38. The minimum atomic E-state index is 0.00992. The Morgan fingerprint density at radius 3 is 2.81 bits per heavy atom. The van der Waals surface area contributed by atoms with Crippen LogP contribution >= 0.6 is 11.3 Å². The van der Waals surface area contributed by atoms with E-state index < -0.39 is 0 Å². The molecule has 0 unspecified atom stereocenters. The molecule has 134 valence electrons. The van der Waals surface area contributed by atoms with Crippen molar-refractivity contribution in [3.63, 3.8) is 0 Å². The van der Waals surface area contributed by atoms with Gasteiger partial charge in [-0.3, -0.25) is 4.79 Å². The van der Waals surface area contributed by atoms with Crippen molar-refractivity contribution in [2.45, 2.75) is 31.7 Å². The summed E-state index contributed by atoms with van der Waals surface area (Å²) in [6.07, 6.45) is 6.02. The lowest BCUT2D eigenvalue weighted by atomic mass is 10.0. The molecule has 0 saturated carbocycles. The molecule has 4 rings (SSSR count). The Bertz CT molecular complexity index is 874. The number of pyridine rings is 1. The van der Waals surface area contributed by atoms with E-state index in [1.807, 2.05) is 29.2 Å². The second-order valence-corrected chi connectivity index (χ2v) is 7.46. The second kappa shape index (κ2) is 7.41. The fourth-order valence-electron chi connectivity index (χ4n) is 3.51. The summed E-state index contributed by atoms with van der Waals surface area (Å²) in [6.45, 7) is 0.763. The van der Waals surface area contributed by atoms with Gasteiger partial charge in [0.2, 0.25) is 0 Å². The van der Waals surface area contributed by atoms with Gasteiger partial charge in [0.15, 0.2) is 5.01 Å². The van der Waals surface area contributed by atoms with Crippen LogP contribution in [0.4, 0.5) is 0 Å². The lowest BCUT2D eigenvalue weighted by Crippen LogP contribution is -2.34. The minimum absolute atomic E-state index is 0.00992. The van der Waals surface area contributed by atoms with Crippen LogP contribution in [0.5, 0.6) is 5.75 Å². The van der Waals surface area contributed by atoms with Gasteiger partial charge in [-0.15, -0.1) is 0 Å². The van der Waals surface area contributed by atoms with Gasteiger partial charge < -0.3 is 9.64 Å². The first-order valence-corrected chi connectivity index (χ1v) is 9.74. The summed E-state index contributed by atoms with van der Waals surface area (Å²) in [7, 11) is 1.66. The van der Waals surface area contributed by atoms with Crippen molar-refractivity contribution in [3.05, 3.63) is 53.2 Å². The first-order valence-electron chi connectivity index (χ1n) is 8.93. The third kappa shape index (κ3) is 3.29. The van der Waals surface area contributed by atoms with E-state index in [2.05, 4.69) is 22.1 Å². The van der Waals surface area contributed by atoms with Crippen molar-refractivity contribution in [1.29, 1.82) is 0 Å². The van der Waals surface area contributed by atoms with Gasteiger partial charge in [0.05, 0.1) is 13.2 Å². The number of methoxy groups -OCH3 is 1. The van der Waals surface area contributed by atoms with Crippen molar-refractivity contribution in [1.82, 2.24) is 14.9 Å². The number of amides is 1. The molecule has 6 heteroatoms. The number of hydrogen-bond acceptors (Lipinski definition) is 5. The van der Waals surface area contributed by atoms with Crippen molar-refractivity contribution >= 4 is 27.6 Å². The molecule has 0 N–H and O–H groups in total. The lowest BCUT2D eigenvalue weighted by molar-refractivity contribution is 0.0680. The van der Waals surface area contributed by atoms with Gasteiger partial charge in [-0.2, -0.15) is 0 Å². The predicted molar refractivity (Wildman–Crippen MR) is 103 cm³/mol. The number of likely N-dealkylation sites (tertiary alicyclic amines) is 1. The Kier molecular flexibility index (Phi) is 4.84. The summed E-state index contributed by atoms with van der Waals surface area (Å²) in [6, 6.07) is 11.9. The lowest BCUT2D eigenvalue weighted by Gasteiger charge is -2.30. The third-order valence-corrected chi connectivity index (χ3v) is 5.83. The maximum atomic E-state index is 13.3. The number of nitrogens with zero attached hydrogens (tertiary/aromatic N) is 3. The molecule has 0 radical (unpaired) electrons. The largest absolute Gasteiger partial charge is 0.497 e. The highest BCUT2D eigenvalue weighted by Crippen LogP contribution is 2.33. The van der Waals surface area contributed by atoms with E-state index in [9.17, 15) is 4.79 Å². The third-order valence-electron chi connectivity index (χ3n) is 4.86. The average molecular weight is 367 g/mol. The first kappa shape index (κ1) is 17.0. The molecular formula is C20H21N3O2S. The summed E-state index contributed by atoms with van der Waals surface area (Å²) in [4.78, 5) is 24.9. The summed E-state index contributed by atoms with van der Waals surface area (Å²) < 4.78 is 5.26. The SMILES string of the molecule is COc1ccc([C@@H]2CCCCCN2C(=O)c2nc3cccnc3s2)cc1. The Morgan fingerprint density at radius 1 is 1.19 bits per heavy atom. The number of thiazole rings is 1. The molecule has 3 aromatic rings. The molecular weight excluding hydrogens is 346 g/mol.